The number of pyridine rings is 1. The van der Waals surface area contributed by atoms with Crippen LogP contribution in [0.4, 0.5) is 13.2 Å². The minimum absolute atomic E-state index is 0.0260. The van der Waals surface area contributed by atoms with Gasteiger partial charge < -0.3 is 10.1 Å². The number of ether oxygens (including phenoxy) is 1. The summed E-state index contributed by atoms with van der Waals surface area (Å²) in [5.74, 6) is 0. The van der Waals surface area contributed by atoms with Gasteiger partial charge in [-0.25, -0.2) is 0 Å². The number of alkyl halides is 3. The molecule has 7 heteroatoms. The number of rotatable bonds is 9. The van der Waals surface area contributed by atoms with Crippen LogP contribution >= 0.6 is 11.6 Å². The molecule has 0 amide bonds. The summed E-state index contributed by atoms with van der Waals surface area (Å²) in [4.78, 5) is 3.91. The van der Waals surface area contributed by atoms with Gasteiger partial charge in [-0.05, 0) is 37.4 Å². The van der Waals surface area contributed by atoms with Crippen molar-refractivity contribution in [2.75, 3.05) is 19.8 Å². The van der Waals surface area contributed by atoms with Gasteiger partial charge in [-0.1, -0.05) is 18.5 Å². The third-order valence-corrected chi connectivity index (χ3v) is 3.22. The fourth-order valence-corrected chi connectivity index (χ4v) is 2.07. The molecule has 21 heavy (non-hydrogen) atoms. The predicted octanol–water partition coefficient (Wildman–Crippen LogP) is 3.61. The monoisotopic (exact) mass is 324 g/mol. The molecule has 1 atom stereocenters. The Morgan fingerprint density at radius 3 is 2.81 bits per heavy atom. The Morgan fingerprint density at radius 2 is 2.19 bits per heavy atom. The van der Waals surface area contributed by atoms with E-state index in [4.69, 9.17) is 11.6 Å². The highest BCUT2D eigenvalue weighted by Gasteiger charge is 2.27. The average Bonchev–Trinajstić information content (AvgIpc) is 2.41. The van der Waals surface area contributed by atoms with E-state index in [0.29, 0.717) is 17.9 Å². The van der Waals surface area contributed by atoms with Crippen molar-refractivity contribution in [2.45, 2.75) is 38.4 Å². The molecule has 0 saturated carbocycles. The topological polar surface area (TPSA) is 34.1 Å². The van der Waals surface area contributed by atoms with Gasteiger partial charge in [0.25, 0.3) is 0 Å². The summed E-state index contributed by atoms with van der Waals surface area (Å²) >= 11 is 6.05. The molecule has 0 aromatic carbocycles. The predicted molar refractivity (Wildman–Crippen MR) is 76.5 cm³/mol. The van der Waals surface area contributed by atoms with Gasteiger partial charge in [0.05, 0.1) is 5.02 Å². The molecular formula is C14H20ClF3N2O. The number of hydrogen-bond acceptors (Lipinski definition) is 3. The molecule has 0 aliphatic rings. The molecule has 0 aliphatic carbocycles. The fraction of sp³-hybridized carbons (Fsp3) is 0.643. The third kappa shape index (κ3) is 8.24. The largest absolute Gasteiger partial charge is 0.411 e. The van der Waals surface area contributed by atoms with Crippen molar-refractivity contribution >= 4 is 11.6 Å². The fourth-order valence-electron chi connectivity index (χ4n) is 1.87. The Hall–Kier alpha value is -0.850. The van der Waals surface area contributed by atoms with Crippen LogP contribution in [0.15, 0.2) is 18.5 Å². The zero-order chi connectivity index (χ0) is 15.7. The van der Waals surface area contributed by atoms with E-state index in [1.165, 1.54) is 0 Å². The van der Waals surface area contributed by atoms with Crippen LogP contribution in [0.3, 0.4) is 0 Å². The Kier molecular flexibility index (Phi) is 8.00. The highest BCUT2D eigenvalue weighted by Crippen LogP contribution is 2.17. The number of nitrogens with zero attached hydrogens (tertiary/aromatic N) is 1. The number of aromatic nitrogens is 1. The molecule has 0 radical (unpaired) electrons. The normalized spacial score (nSPS) is 13.4. The molecule has 1 aromatic heterocycles. The van der Waals surface area contributed by atoms with Gasteiger partial charge in [0, 0.05) is 25.0 Å². The summed E-state index contributed by atoms with van der Waals surface area (Å²) in [7, 11) is 0. The van der Waals surface area contributed by atoms with Crippen LogP contribution in [0, 0.1) is 0 Å². The molecule has 1 heterocycles. The first kappa shape index (κ1) is 18.2. The first-order valence-electron chi connectivity index (χ1n) is 6.88. The molecule has 1 N–H and O–H groups in total. The molecule has 0 spiro atoms. The highest BCUT2D eigenvalue weighted by molar-refractivity contribution is 6.31. The van der Waals surface area contributed by atoms with Gasteiger partial charge in [0.1, 0.15) is 6.61 Å². The minimum atomic E-state index is -4.28. The van der Waals surface area contributed by atoms with E-state index in [0.717, 1.165) is 18.5 Å². The number of nitrogens with one attached hydrogen (secondary N) is 1. The molecule has 0 bridgehead atoms. The molecule has 0 fully saturated rings. The second kappa shape index (κ2) is 9.23. The first-order valence-corrected chi connectivity index (χ1v) is 7.26. The summed E-state index contributed by atoms with van der Waals surface area (Å²) in [5, 5.41) is 3.87. The lowest BCUT2D eigenvalue weighted by Gasteiger charge is -2.19. The average molecular weight is 325 g/mol. The lowest BCUT2D eigenvalue weighted by molar-refractivity contribution is -0.174. The van der Waals surface area contributed by atoms with Crippen LogP contribution in [0.2, 0.25) is 5.02 Å². The van der Waals surface area contributed by atoms with Crippen molar-refractivity contribution in [1.82, 2.24) is 10.3 Å². The van der Waals surface area contributed by atoms with E-state index in [1.807, 2.05) is 13.0 Å². The van der Waals surface area contributed by atoms with Crippen LogP contribution in [0.5, 0.6) is 0 Å². The van der Waals surface area contributed by atoms with Crippen LogP contribution in [0.1, 0.15) is 25.3 Å². The minimum Gasteiger partial charge on any atom is -0.372 e. The molecule has 0 aliphatic heterocycles. The summed E-state index contributed by atoms with van der Waals surface area (Å²) in [6.45, 7) is 1.68. The third-order valence-electron chi connectivity index (χ3n) is 2.88. The zero-order valence-electron chi connectivity index (χ0n) is 11.9. The van der Waals surface area contributed by atoms with E-state index in [-0.39, 0.29) is 12.6 Å². The van der Waals surface area contributed by atoms with Crippen LogP contribution in [0.25, 0.3) is 0 Å². The summed E-state index contributed by atoms with van der Waals surface area (Å²) < 4.78 is 40.7. The van der Waals surface area contributed by atoms with Gasteiger partial charge in [-0.15, -0.1) is 0 Å². The molecule has 3 nitrogen and oxygen atoms in total. The van der Waals surface area contributed by atoms with Gasteiger partial charge >= 0.3 is 6.18 Å². The van der Waals surface area contributed by atoms with Crippen molar-refractivity contribution in [2.24, 2.45) is 0 Å². The first-order chi connectivity index (χ1) is 9.92. The number of hydrogen-bond donors (Lipinski definition) is 1. The van der Waals surface area contributed by atoms with Crippen LogP contribution in [-0.4, -0.2) is 37.0 Å². The van der Waals surface area contributed by atoms with Gasteiger partial charge in [-0.3, -0.25) is 4.98 Å². The second-order valence-electron chi connectivity index (χ2n) is 4.78. The SMILES string of the molecule is CCCNC(CCOCC(F)(F)F)Cc1ccncc1Cl. The summed E-state index contributed by atoms with van der Waals surface area (Å²) in [5.41, 5.74) is 0.927. The van der Waals surface area contributed by atoms with E-state index >= 15 is 0 Å². The summed E-state index contributed by atoms with van der Waals surface area (Å²) in [6, 6.07) is 1.84. The highest BCUT2D eigenvalue weighted by atomic mass is 35.5. The Bertz CT molecular complexity index is 415. The van der Waals surface area contributed by atoms with E-state index in [1.54, 1.807) is 12.4 Å². The maximum atomic E-state index is 12.0. The van der Waals surface area contributed by atoms with Gasteiger partial charge in [0.2, 0.25) is 0 Å². The van der Waals surface area contributed by atoms with Crippen LogP contribution in [-0.2, 0) is 11.2 Å². The molecule has 1 unspecified atom stereocenters. The molecule has 0 saturated heterocycles. The molecule has 120 valence electrons. The van der Waals surface area contributed by atoms with Crippen molar-refractivity contribution in [3.05, 3.63) is 29.0 Å². The quantitative estimate of drug-likeness (QED) is 0.705. The van der Waals surface area contributed by atoms with Crippen molar-refractivity contribution in [1.29, 1.82) is 0 Å². The van der Waals surface area contributed by atoms with Crippen molar-refractivity contribution in [3.8, 4) is 0 Å². The van der Waals surface area contributed by atoms with E-state index < -0.39 is 12.8 Å². The Labute approximate surface area is 127 Å². The van der Waals surface area contributed by atoms with Crippen molar-refractivity contribution in [3.63, 3.8) is 0 Å². The van der Waals surface area contributed by atoms with Crippen LogP contribution < -0.4 is 5.32 Å². The molecular weight excluding hydrogens is 305 g/mol. The Morgan fingerprint density at radius 1 is 1.43 bits per heavy atom. The van der Waals surface area contributed by atoms with E-state index in [2.05, 4.69) is 15.0 Å². The van der Waals surface area contributed by atoms with Crippen molar-refractivity contribution < 1.29 is 17.9 Å². The Balaban J connectivity index is 2.46. The zero-order valence-corrected chi connectivity index (χ0v) is 12.7. The van der Waals surface area contributed by atoms with E-state index in [9.17, 15) is 13.2 Å². The standard InChI is InChI=1S/C14H20ClF3N2O/c1-2-5-20-12(4-7-21-10-14(16,17)18)8-11-3-6-19-9-13(11)15/h3,6,9,12,20H,2,4-5,7-8,10H2,1H3. The maximum absolute atomic E-state index is 12.0. The van der Waals surface area contributed by atoms with Gasteiger partial charge in [0.15, 0.2) is 0 Å². The molecule has 1 rings (SSSR count). The summed E-state index contributed by atoms with van der Waals surface area (Å²) in [6.07, 6.45) is 1.02. The smallest absolute Gasteiger partial charge is 0.372 e. The maximum Gasteiger partial charge on any atom is 0.411 e. The molecule has 1 aromatic rings. The lowest BCUT2D eigenvalue weighted by atomic mass is 10.0. The number of halogens is 4. The lowest BCUT2D eigenvalue weighted by Crippen LogP contribution is -2.33. The van der Waals surface area contributed by atoms with Gasteiger partial charge in [-0.2, -0.15) is 13.2 Å². The second-order valence-corrected chi connectivity index (χ2v) is 5.19.